The molecule has 0 spiro atoms. The molecular formula is C40H35N3O3. The number of benzene rings is 6. The van der Waals surface area contributed by atoms with Crippen molar-refractivity contribution >= 4 is 23.3 Å². The molecule has 6 aromatic carbocycles. The molecule has 0 heterocycles. The van der Waals surface area contributed by atoms with Crippen molar-refractivity contribution < 1.29 is 14.2 Å². The van der Waals surface area contributed by atoms with E-state index in [0.717, 1.165) is 51.6 Å². The third-order valence-electron chi connectivity index (χ3n) is 7.05. The molecular weight excluding hydrogens is 570 g/mol. The summed E-state index contributed by atoms with van der Waals surface area (Å²) in [6, 6.07) is 49.1. The molecule has 6 rings (SSSR count). The lowest BCUT2D eigenvalue weighted by Gasteiger charge is -2.19. The van der Waals surface area contributed by atoms with Crippen LogP contribution in [0.15, 0.2) is 157 Å². The summed E-state index contributed by atoms with van der Waals surface area (Å²) >= 11 is 0. The summed E-state index contributed by atoms with van der Waals surface area (Å²) in [6.45, 7) is 4.11. The van der Waals surface area contributed by atoms with Gasteiger partial charge >= 0.3 is 0 Å². The molecule has 6 nitrogen and oxygen atoms in total. The van der Waals surface area contributed by atoms with Crippen LogP contribution in [-0.4, -0.2) is 12.4 Å². The normalized spacial score (nSPS) is 11.5. The average Bonchev–Trinajstić information content (AvgIpc) is 3.08. The van der Waals surface area contributed by atoms with Gasteiger partial charge in [-0.1, -0.05) is 53.6 Å². The lowest BCUT2D eigenvalue weighted by molar-refractivity contribution is 0.482. The van der Waals surface area contributed by atoms with E-state index in [1.165, 1.54) is 11.1 Å². The van der Waals surface area contributed by atoms with E-state index in [1.54, 1.807) is 0 Å². The molecule has 0 aliphatic carbocycles. The van der Waals surface area contributed by atoms with Crippen molar-refractivity contribution in [3.8, 4) is 34.5 Å². The second-order valence-electron chi connectivity index (χ2n) is 10.8. The van der Waals surface area contributed by atoms with E-state index in [0.29, 0.717) is 0 Å². The van der Waals surface area contributed by atoms with Crippen LogP contribution in [0.5, 0.6) is 34.5 Å². The Bertz CT molecular complexity index is 1840. The van der Waals surface area contributed by atoms with Crippen molar-refractivity contribution in [2.45, 2.75) is 20.0 Å². The van der Waals surface area contributed by atoms with Gasteiger partial charge in [-0.05, 0) is 123 Å². The minimum Gasteiger partial charge on any atom is -0.457 e. The summed E-state index contributed by atoms with van der Waals surface area (Å²) in [6.07, 6.45) is 1.52. The van der Waals surface area contributed by atoms with E-state index in [2.05, 4.69) is 24.5 Å². The van der Waals surface area contributed by atoms with Gasteiger partial charge in [0.15, 0.2) is 0 Å². The van der Waals surface area contributed by atoms with E-state index in [-0.39, 0.29) is 6.17 Å². The molecule has 0 aliphatic heterocycles. The first-order chi connectivity index (χ1) is 22.5. The van der Waals surface area contributed by atoms with Crippen LogP contribution in [0.4, 0.5) is 17.1 Å². The maximum atomic E-state index is 6.01. The molecule has 2 N–H and O–H groups in total. The third-order valence-corrected chi connectivity index (χ3v) is 7.05. The highest BCUT2D eigenvalue weighted by atomic mass is 16.5. The Labute approximate surface area is 270 Å². The topological polar surface area (TPSA) is 64.1 Å². The molecule has 0 amide bonds. The Hall–Kier alpha value is -6.01. The van der Waals surface area contributed by atoms with Gasteiger partial charge in [-0.3, -0.25) is 4.99 Å². The Morgan fingerprint density at radius 2 is 0.783 bits per heavy atom. The minimum absolute atomic E-state index is 0.326. The Morgan fingerprint density at radius 3 is 1.20 bits per heavy atom. The number of nitrogens with zero attached hydrogens (tertiary/aromatic N) is 1. The van der Waals surface area contributed by atoms with Gasteiger partial charge in [0, 0.05) is 17.6 Å². The summed E-state index contributed by atoms with van der Waals surface area (Å²) in [7, 11) is 0. The predicted octanol–water partition coefficient (Wildman–Crippen LogP) is 10.9. The number of para-hydroxylation sites is 1. The lowest BCUT2D eigenvalue weighted by atomic mass is 10.2. The Kier molecular flexibility index (Phi) is 9.56. The molecule has 0 aromatic heterocycles. The highest BCUT2D eigenvalue weighted by Crippen LogP contribution is 2.27. The predicted molar refractivity (Wildman–Crippen MR) is 188 cm³/mol. The summed E-state index contributed by atoms with van der Waals surface area (Å²) in [5.41, 5.74) is 5.00. The maximum absolute atomic E-state index is 6.01. The Morgan fingerprint density at radius 1 is 0.435 bits per heavy atom. The van der Waals surface area contributed by atoms with Crippen LogP contribution in [0, 0.1) is 13.8 Å². The second-order valence-corrected chi connectivity index (χ2v) is 10.8. The minimum atomic E-state index is -0.326. The highest BCUT2D eigenvalue weighted by molar-refractivity contribution is 5.76. The molecule has 0 aliphatic rings. The first-order valence-electron chi connectivity index (χ1n) is 15.1. The highest BCUT2D eigenvalue weighted by Gasteiger charge is 2.08. The first-order valence-corrected chi connectivity index (χ1v) is 15.1. The number of rotatable bonds is 12. The molecule has 0 bridgehead atoms. The second kappa shape index (κ2) is 14.6. The fraction of sp³-hybridized carbons (Fsp3) is 0.0750. The summed E-state index contributed by atoms with van der Waals surface area (Å²) in [5.74, 6) is 4.65. The van der Waals surface area contributed by atoms with Crippen molar-refractivity contribution in [1.82, 2.24) is 0 Å². The molecule has 1 atom stereocenters. The van der Waals surface area contributed by atoms with Crippen LogP contribution in [0.2, 0.25) is 0 Å². The molecule has 0 fully saturated rings. The summed E-state index contributed by atoms with van der Waals surface area (Å²) in [4.78, 5) is 4.76. The molecule has 1 unspecified atom stereocenters. The summed E-state index contributed by atoms with van der Waals surface area (Å²) < 4.78 is 17.9. The van der Waals surface area contributed by atoms with E-state index >= 15 is 0 Å². The number of aryl methyl sites for hydroxylation is 2. The fourth-order valence-electron chi connectivity index (χ4n) is 4.58. The zero-order valence-electron chi connectivity index (χ0n) is 25.8. The quantitative estimate of drug-likeness (QED) is 0.107. The van der Waals surface area contributed by atoms with Gasteiger partial charge in [-0.15, -0.1) is 0 Å². The molecule has 228 valence electrons. The summed E-state index contributed by atoms with van der Waals surface area (Å²) in [5, 5.41) is 7.05. The smallest absolute Gasteiger partial charge is 0.133 e. The Balaban J connectivity index is 1.15. The average molecular weight is 606 g/mol. The van der Waals surface area contributed by atoms with Crippen LogP contribution in [0.25, 0.3) is 0 Å². The van der Waals surface area contributed by atoms with E-state index < -0.39 is 0 Å². The van der Waals surface area contributed by atoms with Gasteiger partial charge < -0.3 is 24.8 Å². The first kappa shape index (κ1) is 30.0. The number of nitrogens with one attached hydrogen (secondary N) is 2. The van der Waals surface area contributed by atoms with Crippen molar-refractivity contribution in [3.05, 3.63) is 163 Å². The zero-order chi connectivity index (χ0) is 31.6. The SMILES string of the molecule is Cc1ccc(Oc2ccc(/N=C\C(Nc3ccc(Oc4ccccc4)cc3)Nc3ccc(Oc4ccc(C)cc4)cc3)cc2)cc1. The van der Waals surface area contributed by atoms with E-state index in [4.69, 9.17) is 19.2 Å². The third kappa shape index (κ3) is 8.77. The number of hydrogen-bond acceptors (Lipinski definition) is 6. The molecule has 0 radical (unpaired) electrons. The zero-order valence-corrected chi connectivity index (χ0v) is 25.8. The van der Waals surface area contributed by atoms with Crippen LogP contribution in [-0.2, 0) is 0 Å². The van der Waals surface area contributed by atoms with Gasteiger partial charge in [0.2, 0.25) is 0 Å². The van der Waals surface area contributed by atoms with Crippen molar-refractivity contribution in [1.29, 1.82) is 0 Å². The van der Waals surface area contributed by atoms with Gasteiger partial charge in [0.25, 0.3) is 0 Å². The molecule has 46 heavy (non-hydrogen) atoms. The largest absolute Gasteiger partial charge is 0.457 e. The monoisotopic (exact) mass is 605 g/mol. The number of aliphatic imine (C=N–C) groups is 1. The number of anilines is 2. The van der Waals surface area contributed by atoms with Crippen LogP contribution < -0.4 is 24.8 Å². The molecule has 6 aromatic rings. The van der Waals surface area contributed by atoms with Gasteiger partial charge in [0.1, 0.15) is 40.7 Å². The van der Waals surface area contributed by atoms with Crippen molar-refractivity contribution in [3.63, 3.8) is 0 Å². The fourth-order valence-corrected chi connectivity index (χ4v) is 4.58. The lowest BCUT2D eigenvalue weighted by Crippen LogP contribution is -2.30. The van der Waals surface area contributed by atoms with E-state index in [9.17, 15) is 0 Å². The van der Waals surface area contributed by atoms with Crippen molar-refractivity contribution in [2.24, 2.45) is 4.99 Å². The van der Waals surface area contributed by atoms with E-state index in [1.807, 2.05) is 158 Å². The van der Waals surface area contributed by atoms with Gasteiger partial charge in [0.05, 0.1) is 5.69 Å². The van der Waals surface area contributed by atoms with Crippen LogP contribution >= 0.6 is 0 Å². The number of hydrogen-bond donors (Lipinski definition) is 2. The molecule has 0 saturated heterocycles. The maximum Gasteiger partial charge on any atom is 0.133 e. The van der Waals surface area contributed by atoms with Gasteiger partial charge in [-0.2, -0.15) is 0 Å². The molecule has 6 heteroatoms. The van der Waals surface area contributed by atoms with Crippen molar-refractivity contribution in [2.75, 3.05) is 10.6 Å². The standard InChI is InChI=1S/C40H35N3O3/c1-29-8-18-35(19-9-29)45-37-22-12-31(13-23-37)41-28-40(42-32-14-24-38(25-15-32)44-34-6-4-3-5-7-34)43-33-16-26-39(27-17-33)46-36-20-10-30(2)11-21-36/h3-28,40,42-43H,1-2H3/b41-28-. The molecule has 0 saturated carbocycles. The number of ether oxygens (including phenoxy) is 3. The van der Waals surface area contributed by atoms with Crippen LogP contribution in [0.1, 0.15) is 11.1 Å². The van der Waals surface area contributed by atoms with Gasteiger partial charge in [-0.25, -0.2) is 0 Å². The van der Waals surface area contributed by atoms with Crippen LogP contribution in [0.3, 0.4) is 0 Å².